The molecule has 0 aliphatic rings. The van der Waals surface area contributed by atoms with Crippen molar-refractivity contribution in [3.05, 3.63) is 70.6 Å². The number of carbonyl (C=O) groups is 1. The van der Waals surface area contributed by atoms with Crippen LogP contribution in [0.3, 0.4) is 0 Å². The second-order valence-electron chi connectivity index (χ2n) is 12.5. The SMILES string of the molecule is CCC(CC)C(=O)/C=C(\O)C(CC)CC.[2H]C([2H])(c1sc2cnc(-c3[c-]ccc4c3oc3nc(C)ccc34)cc2c1C)C(C)(C)C.[Ir]. The Morgan fingerprint density at radius 2 is 1.71 bits per heavy atom. The maximum absolute atomic E-state index is 11.7. The number of nitrogens with zero attached hydrogens (tertiary/aromatic N) is 2. The van der Waals surface area contributed by atoms with Gasteiger partial charge in [-0.25, -0.2) is 4.98 Å². The summed E-state index contributed by atoms with van der Waals surface area (Å²) in [5.41, 5.74) is 4.26. The molecule has 0 saturated carbocycles. The maximum Gasteiger partial charge on any atom is 0.216 e. The minimum atomic E-state index is -1.44. The van der Waals surface area contributed by atoms with Crippen molar-refractivity contribution in [2.75, 3.05) is 0 Å². The molecule has 0 saturated heterocycles. The number of aliphatic hydroxyl groups is 1. The number of ketones is 1. The van der Waals surface area contributed by atoms with E-state index in [1.807, 2.05) is 98.8 Å². The molecule has 0 bridgehead atoms. The van der Waals surface area contributed by atoms with Crippen molar-refractivity contribution in [3.63, 3.8) is 0 Å². The summed E-state index contributed by atoms with van der Waals surface area (Å²) in [5.74, 6) is 0.547. The number of rotatable bonds is 9. The largest absolute Gasteiger partial charge is 0.512 e. The van der Waals surface area contributed by atoms with Crippen molar-refractivity contribution in [3.8, 4) is 11.3 Å². The molecule has 1 radical (unpaired) electrons. The summed E-state index contributed by atoms with van der Waals surface area (Å²) in [5, 5.41) is 12.7. The smallest absolute Gasteiger partial charge is 0.216 e. The van der Waals surface area contributed by atoms with Crippen molar-refractivity contribution in [2.24, 2.45) is 17.3 Å². The number of hydrogen-bond acceptors (Lipinski definition) is 6. The standard InChI is InChI=1S/C25H23N2OS.C13H24O2.Ir/c1-14-9-10-17-16-7-6-8-18(23(16)28-24(17)27-14)20-11-19-15(2)21(12-25(3,4)5)29-22(19)13-26-20;1-5-10(6-2)12(14)9-13(15)11(7-3)8-4;/h6-7,9-11,13H,12H2,1-5H3;9-11,14H,5-8H2,1-4H3;/q-1;;/b;12-9-;/i12D2;;. The quantitative estimate of drug-likeness (QED) is 0.0912. The van der Waals surface area contributed by atoms with Gasteiger partial charge in [0, 0.05) is 62.9 Å². The van der Waals surface area contributed by atoms with E-state index in [-0.39, 0.29) is 43.5 Å². The molecule has 0 spiro atoms. The van der Waals surface area contributed by atoms with Crippen LogP contribution in [0.1, 0.15) is 93.0 Å². The van der Waals surface area contributed by atoms with Gasteiger partial charge in [-0.1, -0.05) is 65.5 Å². The van der Waals surface area contributed by atoms with Crippen LogP contribution in [0.15, 0.2) is 52.8 Å². The topological polar surface area (TPSA) is 76.2 Å². The molecule has 7 heteroatoms. The Balaban J connectivity index is 0.000000322. The van der Waals surface area contributed by atoms with Crippen LogP contribution in [0.5, 0.6) is 0 Å². The van der Waals surface area contributed by atoms with E-state index in [2.05, 4.69) is 16.0 Å². The second-order valence-corrected chi connectivity index (χ2v) is 13.6. The zero-order valence-corrected chi connectivity index (χ0v) is 31.1. The fraction of sp³-hybridized carbons (Fsp3) is 0.447. The van der Waals surface area contributed by atoms with Crippen LogP contribution in [0.2, 0.25) is 0 Å². The number of aryl methyl sites for hydroxylation is 2. The van der Waals surface area contributed by atoms with Crippen LogP contribution in [0.25, 0.3) is 43.4 Å². The molecule has 0 amide bonds. The molecule has 4 heterocycles. The van der Waals surface area contributed by atoms with E-state index in [0.717, 1.165) is 79.5 Å². The molecule has 5 aromatic rings. The first-order valence-corrected chi connectivity index (χ1v) is 16.5. The number of furan rings is 1. The molecule has 45 heavy (non-hydrogen) atoms. The molecule has 0 atom stereocenters. The number of thiophene rings is 1. The number of carbonyl (C=O) groups excluding carboxylic acids is 1. The predicted molar refractivity (Wildman–Crippen MR) is 185 cm³/mol. The first-order valence-electron chi connectivity index (χ1n) is 16.7. The van der Waals surface area contributed by atoms with E-state index in [1.165, 1.54) is 17.4 Å². The van der Waals surface area contributed by atoms with Crippen LogP contribution in [-0.4, -0.2) is 20.9 Å². The van der Waals surface area contributed by atoms with Gasteiger partial charge in [0.1, 0.15) is 0 Å². The predicted octanol–water partition coefficient (Wildman–Crippen LogP) is 11.1. The summed E-state index contributed by atoms with van der Waals surface area (Å²) in [6.07, 6.45) is 5.31. The van der Waals surface area contributed by atoms with Crippen molar-refractivity contribution < 1.29 is 37.2 Å². The molecule has 0 aliphatic heterocycles. The summed E-state index contributed by atoms with van der Waals surface area (Å²) in [6.45, 7) is 17.8. The molecule has 0 fully saturated rings. The van der Waals surface area contributed by atoms with Gasteiger partial charge in [0.2, 0.25) is 5.71 Å². The van der Waals surface area contributed by atoms with E-state index < -0.39 is 11.8 Å². The van der Waals surface area contributed by atoms with Gasteiger partial charge in [0.05, 0.1) is 16.0 Å². The Morgan fingerprint density at radius 3 is 2.33 bits per heavy atom. The van der Waals surface area contributed by atoms with E-state index >= 15 is 0 Å². The van der Waals surface area contributed by atoms with Crippen molar-refractivity contribution in [1.29, 1.82) is 0 Å². The number of aliphatic hydroxyl groups excluding tert-OH is 1. The van der Waals surface area contributed by atoms with Crippen LogP contribution in [0, 0.1) is 37.2 Å². The average molecular weight is 806 g/mol. The third-order valence-corrected chi connectivity index (χ3v) is 9.25. The Kier molecular flexibility index (Phi) is 11.6. The number of aromatic nitrogens is 2. The number of pyridine rings is 2. The number of hydrogen-bond donors (Lipinski definition) is 1. The van der Waals surface area contributed by atoms with Crippen LogP contribution in [-0.2, 0) is 31.3 Å². The molecule has 5 nitrogen and oxygen atoms in total. The van der Waals surface area contributed by atoms with E-state index in [4.69, 9.17) is 7.16 Å². The molecule has 0 aliphatic carbocycles. The molecular formula is C38H47IrN2O3S-. The van der Waals surface area contributed by atoms with Crippen LogP contribution < -0.4 is 0 Å². The van der Waals surface area contributed by atoms with Gasteiger partial charge in [0.15, 0.2) is 5.78 Å². The number of fused-ring (bicyclic) bond motifs is 4. The molecule has 0 unspecified atom stereocenters. The second kappa shape index (κ2) is 15.6. The summed E-state index contributed by atoms with van der Waals surface area (Å²) in [4.78, 5) is 21.7. The summed E-state index contributed by atoms with van der Waals surface area (Å²) >= 11 is 1.49. The minimum absolute atomic E-state index is 0. The minimum Gasteiger partial charge on any atom is -0.512 e. The normalized spacial score (nSPS) is 13.2. The summed E-state index contributed by atoms with van der Waals surface area (Å²) in [6, 6.07) is 13.2. The third-order valence-electron chi connectivity index (χ3n) is 8.09. The van der Waals surface area contributed by atoms with E-state index in [0.29, 0.717) is 5.71 Å². The zero-order valence-electron chi connectivity index (χ0n) is 29.9. The molecule has 4 aromatic heterocycles. The Morgan fingerprint density at radius 1 is 1.04 bits per heavy atom. The fourth-order valence-corrected chi connectivity index (χ4v) is 6.67. The Bertz CT molecular complexity index is 1880. The van der Waals surface area contributed by atoms with Crippen LogP contribution in [0.4, 0.5) is 0 Å². The fourth-order valence-electron chi connectivity index (χ4n) is 5.41. The van der Waals surface area contributed by atoms with Gasteiger partial charge in [-0.3, -0.25) is 4.79 Å². The molecule has 243 valence electrons. The van der Waals surface area contributed by atoms with Gasteiger partial charge in [-0.15, -0.1) is 29.5 Å². The molecular weight excluding hydrogens is 757 g/mol. The van der Waals surface area contributed by atoms with Gasteiger partial charge >= 0.3 is 0 Å². The third kappa shape index (κ3) is 8.49. The molecule has 1 N–H and O–H groups in total. The summed E-state index contributed by atoms with van der Waals surface area (Å²) < 4.78 is 24.6. The van der Waals surface area contributed by atoms with Crippen molar-refractivity contribution in [2.45, 2.75) is 94.4 Å². The maximum atomic E-state index is 11.7. The number of allylic oxidation sites excluding steroid dienone is 2. The van der Waals surface area contributed by atoms with Gasteiger partial charge in [-0.2, -0.15) is 0 Å². The van der Waals surface area contributed by atoms with E-state index in [9.17, 15) is 9.90 Å². The van der Waals surface area contributed by atoms with Crippen molar-refractivity contribution in [1.82, 2.24) is 9.97 Å². The average Bonchev–Trinajstić information content (AvgIpc) is 3.55. The first-order chi connectivity index (χ1) is 21.7. The van der Waals surface area contributed by atoms with Gasteiger partial charge in [0.25, 0.3) is 0 Å². The van der Waals surface area contributed by atoms with Gasteiger partial charge < -0.3 is 14.5 Å². The van der Waals surface area contributed by atoms with Gasteiger partial charge in [-0.05, 0) is 80.1 Å². The Hall–Kier alpha value is -2.86. The molecule has 5 rings (SSSR count). The molecule has 1 aromatic carbocycles. The van der Waals surface area contributed by atoms with Crippen LogP contribution >= 0.6 is 11.3 Å². The Labute approximate surface area is 288 Å². The first kappa shape index (κ1) is 33.5. The zero-order chi connectivity index (χ0) is 34.0. The summed E-state index contributed by atoms with van der Waals surface area (Å²) in [7, 11) is 0. The number of benzene rings is 1. The van der Waals surface area contributed by atoms with E-state index in [1.54, 1.807) is 0 Å². The monoisotopic (exact) mass is 806 g/mol. The van der Waals surface area contributed by atoms with Crippen molar-refractivity contribution >= 4 is 49.3 Å².